The molecule has 0 aliphatic rings. The number of hydrogen-bond donors (Lipinski definition) is 2. The minimum Gasteiger partial charge on any atom is -0.352 e. The Bertz CT molecular complexity index is 854. The lowest BCUT2D eigenvalue weighted by atomic mass is 10.1. The number of nitrogens with zero attached hydrogens (tertiary/aromatic N) is 2. The topological polar surface area (TPSA) is 94.0 Å². The molecule has 0 saturated carbocycles. The number of benzene rings is 2. The van der Waals surface area contributed by atoms with Crippen LogP contribution in [0.1, 0.15) is 34.2 Å². The van der Waals surface area contributed by atoms with Crippen LogP contribution in [0.5, 0.6) is 0 Å². The highest BCUT2D eigenvalue weighted by atomic mass is 16.5. The number of nitrogens with one attached hydrogen (secondary N) is 1. The summed E-state index contributed by atoms with van der Waals surface area (Å²) in [6.07, 6.45) is 1.49. The quantitative estimate of drug-likeness (QED) is 0.683. The van der Waals surface area contributed by atoms with Gasteiger partial charge in [-0.2, -0.15) is 4.98 Å². The number of carbonyl (C=O) groups excluding carboxylic acids is 1. The van der Waals surface area contributed by atoms with Crippen LogP contribution in [-0.4, -0.2) is 22.6 Å². The molecular weight excluding hydrogens is 328 g/mol. The van der Waals surface area contributed by atoms with Crippen LogP contribution in [0.4, 0.5) is 0 Å². The molecule has 6 nitrogen and oxygen atoms in total. The third kappa shape index (κ3) is 4.34. The Balaban J connectivity index is 1.52. The molecule has 2 aromatic carbocycles. The van der Waals surface area contributed by atoms with Crippen molar-refractivity contribution >= 4 is 5.91 Å². The first-order chi connectivity index (χ1) is 12.7. The minimum atomic E-state index is -0.0804. The zero-order chi connectivity index (χ0) is 18.4. The molecule has 0 unspecified atom stereocenters. The molecule has 26 heavy (non-hydrogen) atoms. The SMILES string of the molecule is CCc1noc(-c2ccc(CCNC(=O)c3ccc(CN)cc3)cc2)n1. The van der Waals surface area contributed by atoms with Crippen LogP contribution in [0.2, 0.25) is 0 Å². The van der Waals surface area contributed by atoms with Crippen molar-refractivity contribution in [2.75, 3.05) is 6.54 Å². The van der Waals surface area contributed by atoms with E-state index in [1.807, 2.05) is 43.3 Å². The monoisotopic (exact) mass is 350 g/mol. The van der Waals surface area contributed by atoms with Gasteiger partial charge < -0.3 is 15.6 Å². The first-order valence-corrected chi connectivity index (χ1v) is 8.68. The molecule has 0 aliphatic carbocycles. The van der Waals surface area contributed by atoms with E-state index in [2.05, 4.69) is 15.5 Å². The summed E-state index contributed by atoms with van der Waals surface area (Å²) in [6, 6.07) is 15.2. The smallest absolute Gasteiger partial charge is 0.257 e. The molecule has 3 N–H and O–H groups in total. The lowest BCUT2D eigenvalue weighted by Gasteiger charge is -2.06. The summed E-state index contributed by atoms with van der Waals surface area (Å²) < 4.78 is 5.23. The van der Waals surface area contributed by atoms with Gasteiger partial charge in [-0.15, -0.1) is 0 Å². The van der Waals surface area contributed by atoms with Crippen molar-refractivity contribution in [1.82, 2.24) is 15.5 Å². The van der Waals surface area contributed by atoms with Gasteiger partial charge in [0.1, 0.15) is 0 Å². The first kappa shape index (κ1) is 17.8. The molecule has 0 aliphatic heterocycles. The molecule has 3 rings (SSSR count). The number of nitrogens with two attached hydrogens (primary N) is 1. The molecule has 0 radical (unpaired) electrons. The number of rotatable bonds is 7. The van der Waals surface area contributed by atoms with E-state index in [1.165, 1.54) is 0 Å². The van der Waals surface area contributed by atoms with Gasteiger partial charge in [-0.05, 0) is 41.8 Å². The van der Waals surface area contributed by atoms with Crippen molar-refractivity contribution < 1.29 is 9.32 Å². The molecule has 0 saturated heterocycles. The van der Waals surface area contributed by atoms with Crippen molar-refractivity contribution in [3.63, 3.8) is 0 Å². The zero-order valence-corrected chi connectivity index (χ0v) is 14.7. The second-order valence-corrected chi connectivity index (χ2v) is 5.97. The van der Waals surface area contributed by atoms with Crippen LogP contribution in [0.15, 0.2) is 53.1 Å². The number of amides is 1. The largest absolute Gasteiger partial charge is 0.352 e. The molecule has 3 aromatic rings. The van der Waals surface area contributed by atoms with Crippen molar-refractivity contribution in [3.8, 4) is 11.5 Å². The average Bonchev–Trinajstić information content (AvgIpc) is 3.18. The molecule has 6 heteroatoms. The molecule has 0 spiro atoms. The van der Waals surface area contributed by atoms with E-state index in [4.69, 9.17) is 10.3 Å². The van der Waals surface area contributed by atoms with Crippen LogP contribution >= 0.6 is 0 Å². The standard InChI is InChI=1S/C20H22N4O2/c1-2-18-23-20(26-24-18)17-9-3-14(4-10-17)11-12-22-19(25)16-7-5-15(13-21)6-8-16/h3-10H,2,11-13,21H2,1H3,(H,22,25). The fraction of sp³-hybridized carbons (Fsp3) is 0.250. The van der Waals surface area contributed by atoms with Crippen molar-refractivity contribution in [3.05, 3.63) is 71.0 Å². The average molecular weight is 350 g/mol. The maximum atomic E-state index is 12.1. The highest BCUT2D eigenvalue weighted by Gasteiger charge is 2.08. The van der Waals surface area contributed by atoms with Gasteiger partial charge in [0.15, 0.2) is 5.82 Å². The van der Waals surface area contributed by atoms with Gasteiger partial charge in [-0.1, -0.05) is 36.3 Å². The molecule has 1 heterocycles. The molecule has 1 aromatic heterocycles. The predicted molar refractivity (Wildman–Crippen MR) is 99.5 cm³/mol. The summed E-state index contributed by atoms with van der Waals surface area (Å²) in [5.41, 5.74) is 9.23. The zero-order valence-electron chi connectivity index (χ0n) is 14.7. The second kappa shape index (κ2) is 8.40. The van der Waals surface area contributed by atoms with Gasteiger partial charge in [-0.3, -0.25) is 4.79 Å². The summed E-state index contributed by atoms with van der Waals surface area (Å²) in [7, 11) is 0. The van der Waals surface area contributed by atoms with E-state index < -0.39 is 0 Å². The van der Waals surface area contributed by atoms with Gasteiger partial charge >= 0.3 is 0 Å². The predicted octanol–water partition coefficient (Wildman–Crippen LogP) is 2.73. The van der Waals surface area contributed by atoms with Crippen molar-refractivity contribution in [2.45, 2.75) is 26.3 Å². The normalized spacial score (nSPS) is 10.7. The van der Waals surface area contributed by atoms with Gasteiger partial charge in [0.25, 0.3) is 11.8 Å². The summed E-state index contributed by atoms with van der Waals surface area (Å²) in [5.74, 6) is 1.15. The molecule has 134 valence electrons. The molecule has 1 amide bonds. The Kier molecular flexibility index (Phi) is 5.76. The van der Waals surface area contributed by atoms with E-state index in [0.717, 1.165) is 29.5 Å². The van der Waals surface area contributed by atoms with Gasteiger partial charge in [0.2, 0.25) is 0 Å². The maximum Gasteiger partial charge on any atom is 0.257 e. The van der Waals surface area contributed by atoms with Gasteiger partial charge in [0, 0.05) is 30.6 Å². The Morgan fingerprint density at radius 2 is 1.77 bits per heavy atom. The van der Waals surface area contributed by atoms with Crippen LogP contribution in [0.3, 0.4) is 0 Å². The second-order valence-electron chi connectivity index (χ2n) is 5.97. The highest BCUT2D eigenvalue weighted by molar-refractivity contribution is 5.94. The molecule has 0 atom stereocenters. The van der Waals surface area contributed by atoms with Crippen molar-refractivity contribution in [1.29, 1.82) is 0 Å². The molecule has 0 bridgehead atoms. The highest BCUT2D eigenvalue weighted by Crippen LogP contribution is 2.18. The van der Waals surface area contributed by atoms with E-state index >= 15 is 0 Å². The van der Waals surface area contributed by atoms with Crippen LogP contribution in [0, 0.1) is 0 Å². The van der Waals surface area contributed by atoms with Gasteiger partial charge in [-0.25, -0.2) is 0 Å². The number of aromatic nitrogens is 2. The summed E-state index contributed by atoms with van der Waals surface area (Å²) in [5, 5.41) is 6.83. The number of aryl methyl sites for hydroxylation is 1. The fourth-order valence-electron chi connectivity index (χ4n) is 2.54. The Morgan fingerprint density at radius 3 is 2.38 bits per heavy atom. The van der Waals surface area contributed by atoms with Gasteiger partial charge in [0.05, 0.1) is 0 Å². The Labute approximate surface area is 152 Å². The van der Waals surface area contributed by atoms with Crippen LogP contribution < -0.4 is 11.1 Å². The maximum absolute atomic E-state index is 12.1. The van der Waals surface area contributed by atoms with Crippen molar-refractivity contribution in [2.24, 2.45) is 5.73 Å². The first-order valence-electron chi connectivity index (χ1n) is 8.68. The Morgan fingerprint density at radius 1 is 1.08 bits per heavy atom. The van der Waals surface area contributed by atoms with E-state index in [0.29, 0.717) is 30.4 Å². The van der Waals surface area contributed by atoms with E-state index in [9.17, 15) is 4.79 Å². The third-order valence-corrected chi connectivity index (χ3v) is 4.14. The summed E-state index contributed by atoms with van der Waals surface area (Å²) in [6.45, 7) is 3.03. The summed E-state index contributed by atoms with van der Waals surface area (Å²) in [4.78, 5) is 16.5. The molecular formula is C20H22N4O2. The third-order valence-electron chi connectivity index (χ3n) is 4.14. The van der Waals surface area contributed by atoms with E-state index in [1.54, 1.807) is 12.1 Å². The summed E-state index contributed by atoms with van der Waals surface area (Å²) >= 11 is 0. The lowest BCUT2D eigenvalue weighted by molar-refractivity contribution is 0.0954. The van der Waals surface area contributed by atoms with Crippen LogP contribution in [-0.2, 0) is 19.4 Å². The lowest BCUT2D eigenvalue weighted by Crippen LogP contribution is -2.25. The number of hydrogen-bond acceptors (Lipinski definition) is 5. The minimum absolute atomic E-state index is 0.0804. The molecule has 0 fully saturated rings. The fourth-order valence-corrected chi connectivity index (χ4v) is 2.54. The Hall–Kier alpha value is -2.99. The van der Waals surface area contributed by atoms with E-state index in [-0.39, 0.29) is 5.91 Å². The van der Waals surface area contributed by atoms with Crippen LogP contribution in [0.25, 0.3) is 11.5 Å². The number of carbonyl (C=O) groups is 1.